The van der Waals surface area contributed by atoms with Crippen molar-refractivity contribution in [2.75, 3.05) is 6.61 Å². The molecule has 2 rings (SSSR count). The molecule has 2 aromatic carbocycles. The van der Waals surface area contributed by atoms with Crippen molar-refractivity contribution >= 4 is 23.9 Å². The normalized spacial score (nSPS) is 12.0. The fourth-order valence-electron chi connectivity index (χ4n) is 4.47. The third kappa shape index (κ3) is 11.2. The van der Waals surface area contributed by atoms with Gasteiger partial charge in [0.1, 0.15) is 0 Å². The van der Waals surface area contributed by atoms with Crippen LogP contribution in [-0.4, -0.2) is 45.8 Å². The molecular formula is C32H44O8. The number of hydrogen-bond donors (Lipinski definition) is 3. The third-order valence-corrected chi connectivity index (χ3v) is 7.02. The highest BCUT2D eigenvalue weighted by Gasteiger charge is 2.21. The molecule has 8 nitrogen and oxygen atoms in total. The molecule has 0 saturated heterocycles. The van der Waals surface area contributed by atoms with Crippen LogP contribution in [0.2, 0.25) is 0 Å². The molecule has 0 saturated carbocycles. The summed E-state index contributed by atoms with van der Waals surface area (Å²) in [5, 5.41) is 27.4. The topological polar surface area (TPSA) is 138 Å². The summed E-state index contributed by atoms with van der Waals surface area (Å²) < 4.78 is 5.27. The van der Waals surface area contributed by atoms with Crippen LogP contribution in [0.3, 0.4) is 0 Å². The molecule has 0 spiro atoms. The minimum absolute atomic E-state index is 0.0147. The number of carboxylic acid groups (broad SMARTS) is 3. The fourth-order valence-corrected chi connectivity index (χ4v) is 4.47. The number of carbonyl (C=O) groups excluding carboxylic acids is 1. The van der Waals surface area contributed by atoms with Gasteiger partial charge in [-0.25, -0.2) is 19.2 Å². The largest absolute Gasteiger partial charge is 0.478 e. The van der Waals surface area contributed by atoms with E-state index in [0.717, 1.165) is 51.4 Å². The van der Waals surface area contributed by atoms with Crippen LogP contribution in [0.5, 0.6) is 0 Å². The summed E-state index contributed by atoms with van der Waals surface area (Å²) in [6.45, 7) is 8.76. The first kappa shape index (κ1) is 34.3. The number of unbranched alkanes of at least 4 members (excludes halogenated alkanes) is 2. The van der Waals surface area contributed by atoms with Crippen LogP contribution in [0.4, 0.5) is 0 Å². The predicted octanol–water partition coefficient (Wildman–Crippen LogP) is 7.60. The molecule has 2 aromatic rings. The molecule has 0 bridgehead atoms. The van der Waals surface area contributed by atoms with Gasteiger partial charge in [-0.15, -0.1) is 0 Å². The number of esters is 1. The summed E-state index contributed by atoms with van der Waals surface area (Å²) >= 11 is 0. The lowest BCUT2D eigenvalue weighted by Gasteiger charge is -2.16. The Hall–Kier alpha value is -3.68. The summed E-state index contributed by atoms with van der Waals surface area (Å²) in [6.07, 6.45) is 9.07. The van der Waals surface area contributed by atoms with Crippen molar-refractivity contribution in [1.29, 1.82) is 0 Å². The van der Waals surface area contributed by atoms with Crippen molar-refractivity contribution in [3.63, 3.8) is 0 Å². The Morgan fingerprint density at radius 2 is 1.20 bits per heavy atom. The maximum atomic E-state index is 12.0. The zero-order valence-corrected chi connectivity index (χ0v) is 24.2. The zero-order chi connectivity index (χ0) is 30.1. The van der Waals surface area contributed by atoms with Crippen molar-refractivity contribution in [3.05, 3.63) is 70.3 Å². The van der Waals surface area contributed by atoms with Crippen LogP contribution in [0.15, 0.2) is 42.5 Å². The van der Waals surface area contributed by atoms with Crippen LogP contribution in [0, 0.1) is 11.8 Å². The molecule has 0 aliphatic rings. The van der Waals surface area contributed by atoms with Gasteiger partial charge in [0.05, 0.1) is 28.9 Å². The molecular weight excluding hydrogens is 512 g/mol. The zero-order valence-electron chi connectivity index (χ0n) is 24.2. The van der Waals surface area contributed by atoms with E-state index in [4.69, 9.17) is 14.9 Å². The summed E-state index contributed by atoms with van der Waals surface area (Å²) in [7, 11) is 0. The van der Waals surface area contributed by atoms with Crippen molar-refractivity contribution in [2.24, 2.45) is 11.8 Å². The Bertz CT molecular complexity index is 1110. The predicted molar refractivity (Wildman–Crippen MR) is 154 cm³/mol. The summed E-state index contributed by atoms with van der Waals surface area (Å²) in [4.78, 5) is 45.5. The molecule has 0 fully saturated rings. The lowest BCUT2D eigenvalue weighted by molar-refractivity contribution is 0.0420. The van der Waals surface area contributed by atoms with Crippen molar-refractivity contribution in [2.45, 2.75) is 85.5 Å². The molecule has 0 aliphatic carbocycles. The highest BCUT2D eigenvalue weighted by Crippen LogP contribution is 2.23. The molecule has 0 radical (unpaired) electrons. The third-order valence-electron chi connectivity index (χ3n) is 7.02. The maximum Gasteiger partial charge on any atom is 0.339 e. The fraction of sp³-hybridized carbons (Fsp3) is 0.500. The van der Waals surface area contributed by atoms with Gasteiger partial charge in [0.25, 0.3) is 0 Å². The quantitative estimate of drug-likeness (QED) is 0.180. The van der Waals surface area contributed by atoms with E-state index in [1.807, 2.05) is 0 Å². The second-order valence-electron chi connectivity index (χ2n) is 9.94. The first-order valence-electron chi connectivity index (χ1n) is 14.2. The average Bonchev–Trinajstić information content (AvgIpc) is 2.95. The van der Waals surface area contributed by atoms with E-state index in [2.05, 4.69) is 27.7 Å². The molecule has 0 aliphatic heterocycles. The first-order valence-corrected chi connectivity index (χ1v) is 14.2. The molecule has 2 atom stereocenters. The van der Waals surface area contributed by atoms with Gasteiger partial charge in [-0.2, -0.15) is 0 Å². The lowest BCUT2D eigenvalue weighted by Crippen LogP contribution is -2.16. The van der Waals surface area contributed by atoms with E-state index < -0.39 is 23.9 Å². The number of carboxylic acids is 3. The second-order valence-corrected chi connectivity index (χ2v) is 9.94. The molecule has 220 valence electrons. The summed E-state index contributed by atoms with van der Waals surface area (Å²) in [6, 6.07) is 10.8. The van der Waals surface area contributed by atoms with Crippen LogP contribution in [0.25, 0.3) is 0 Å². The maximum absolute atomic E-state index is 12.0. The molecule has 2 unspecified atom stereocenters. The lowest BCUT2D eigenvalue weighted by atomic mass is 9.88. The molecule has 3 N–H and O–H groups in total. The molecule has 40 heavy (non-hydrogen) atoms. The number of carbonyl (C=O) groups is 4. The Balaban J connectivity index is 0.000000400. The standard InChI is InChI=1S/2C16H22O4/c1-3-5-8-12(4-2)11-20-16(19)14-10-7-6-9-13(14)15(17)18;1-3-5-7-11(4-2)10-12-8-6-9-13(15(17)18)14(12)16(19)20/h6-7,9-10,12H,3-5,8,11H2,1-2H3,(H,17,18);6,8-9,11H,3-5,7,10H2,1-2H3,(H,17,18)(H,19,20). The van der Waals surface area contributed by atoms with Gasteiger partial charge in [-0.3, -0.25) is 0 Å². The van der Waals surface area contributed by atoms with E-state index >= 15 is 0 Å². The number of ether oxygens (including phenoxy) is 1. The second kappa shape index (κ2) is 18.6. The van der Waals surface area contributed by atoms with Crippen molar-refractivity contribution < 1.29 is 39.2 Å². The van der Waals surface area contributed by atoms with E-state index in [0.29, 0.717) is 30.4 Å². The van der Waals surface area contributed by atoms with Gasteiger partial charge in [0, 0.05) is 0 Å². The van der Waals surface area contributed by atoms with E-state index in [1.54, 1.807) is 24.3 Å². The smallest absolute Gasteiger partial charge is 0.339 e. The molecule has 8 heteroatoms. The van der Waals surface area contributed by atoms with Gasteiger partial charge in [-0.1, -0.05) is 96.9 Å². The Morgan fingerprint density at radius 3 is 1.70 bits per heavy atom. The Labute approximate surface area is 237 Å². The minimum Gasteiger partial charge on any atom is -0.478 e. The minimum atomic E-state index is -1.19. The molecule has 0 aromatic heterocycles. The van der Waals surface area contributed by atoms with Gasteiger partial charge in [0.15, 0.2) is 0 Å². The van der Waals surface area contributed by atoms with E-state index in [-0.39, 0.29) is 22.3 Å². The molecule has 0 amide bonds. The summed E-state index contributed by atoms with van der Waals surface area (Å²) in [5.74, 6) is -3.28. The van der Waals surface area contributed by atoms with Gasteiger partial charge >= 0.3 is 23.9 Å². The Kier molecular flexibility index (Phi) is 16.0. The van der Waals surface area contributed by atoms with Crippen molar-refractivity contribution in [1.82, 2.24) is 0 Å². The monoisotopic (exact) mass is 556 g/mol. The number of benzene rings is 2. The number of rotatable bonds is 16. The van der Waals surface area contributed by atoms with E-state index in [9.17, 15) is 24.3 Å². The SMILES string of the molecule is CCCCC(CC)COC(=O)c1ccccc1C(=O)O.CCCCC(CC)Cc1cccc(C(=O)O)c1C(=O)O. The van der Waals surface area contributed by atoms with Crippen LogP contribution in [-0.2, 0) is 11.2 Å². The first-order chi connectivity index (χ1) is 19.1. The van der Waals surface area contributed by atoms with Crippen molar-refractivity contribution in [3.8, 4) is 0 Å². The van der Waals surface area contributed by atoms with Gasteiger partial charge in [-0.05, 0) is 48.4 Å². The van der Waals surface area contributed by atoms with E-state index in [1.165, 1.54) is 18.2 Å². The molecule has 0 heterocycles. The van der Waals surface area contributed by atoms with Crippen LogP contribution >= 0.6 is 0 Å². The number of aromatic carboxylic acids is 3. The van der Waals surface area contributed by atoms with Crippen LogP contribution < -0.4 is 0 Å². The average molecular weight is 557 g/mol. The highest BCUT2D eigenvalue weighted by molar-refractivity contribution is 6.03. The highest BCUT2D eigenvalue weighted by atomic mass is 16.5. The van der Waals surface area contributed by atoms with Gasteiger partial charge < -0.3 is 20.1 Å². The Morgan fingerprint density at radius 1 is 0.675 bits per heavy atom. The summed E-state index contributed by atoms with van der Waals surface area (Å²) in [5.41, 5.74) is 0.542. The van der Waals surface area contributed by atoms with Crippen LogP contribution in [0.1, 0.15) is 126 Å². The number of hydrogen-bond acceptors (Lipinski definition) is 5. The van der Waals surface area contributed by atoms with Gasteiger partial charge in [0.2, 0.25) is 0 Å².